The van der Waals surface area contributed by atoms with Crippen LogP contribution in [0.3, 0.4) is 0 Å². The second kappa shape index (κ2) is 5.52. The molecule has 2 rings (SSSR count). The fourth-order valence-electron chi connectivity index (χ4n) is 2.20. The second-order valence-electron chi connectivity index (χ2n) is 4.42. The Morgan fingerprint density at radius 1 is 1.47 bits per heavy atom. The summed E-state index contributed by atoms with van der Waals surface area (Å²) in [5.74, 6) is 0.170. The molecule has 1 N–H and O–H groups in total. The van der Waals surface area contributed by atoms with Gasteiger partial charge in [-0.25, -0.2) is 0 Å². The number of halogens is 1. The molecule has 1 saturated heterocycles. The van der Waals surface area contributed by atoms with Crippen LogP contribution in [0.2, 0.25) is 5.02 Å². The number of piperidine rings is 1. The lowest BCUT2D eigenvalue weighted by Gasteiger charge is -2.32. The number of carbonyl (C=O) groups excluding carboxylic acids is 1. The largest absolute Gasteiger partial charge is 0.396 e. The van der Waals surface area contributed by atoms with E-state index in [1.165, 1.54) is 0 Å². The molecule has 1 aliphatic rings. The van der Waals surface area contributed by atoms with Gasteiger partial charge in [0.2, 0.25) is 0 Å². The molecule has 1 atom stereocenters. The highest BCUT2D eigenvalue weighted by molar-refractivity contribution is 6.33. The van der Waals surface area contributed by atoms with E-state index in [-0.39, 0.29) is 18.4 Å². The Bertz CT molecular complexity index is 408. The average Bonchev–Trinajstić information content (AvgIpc) is 2.38. The van der Waals surface area contributed by atoms with E-state index in [2.05, 4.69) is 0 Å². The Kier molecular flexibility index (Phi) is 4.02. The number of likely N-dealkylation sites (tertiary alicyclic amines) is 1. The Labute approximate surface area is 106 Å². The maximum Gasteiger partial charge on any atom is 0.255 e. The molecule has 0 saturated carbocycles. The van der Waals surface area contributed by atoms with Crippen molar-refractivity contribution < 1.29 is 9.90 Å². The van der Waals surface area contributed by atoms with Crippen LogP contribution in [0, 0.1) is 5.92 Å². The van der Waals surface area contributed by atoms with E-state index in [0.29, 0.717) is 17.1 Å². The van der Waals surface area contributed by atoms with Crippen LogP contribution in [-0.2, 0) is 0 Å². The van der Waals surface area contributed by atoms with Crippen molar-refractivity contribution in [2.24, 2.45) is 5.92 Å². The zero-order chi connectivity index (χ0) is 12.3. The van der Waals surface area contributed by atoms with E-state index >= 15 is 0 Å². The molecule has 17 heavy (non-hydrogen) atoms. The summed E-state index contributed by atoms with van der Waals surface area (Å²) in [6.45, 7) is 1.52. The number of hydrogen-bond donors (Lipinski definition) is 1. The van der Waals surface area contributed by atoms with E-state index in [4.69, 9.17) is 16.7 Å². The van der Waals surface area contributed by atoms with E-state index in [1.807, 2.05) is 12.1 Å². The molecule has 1 aromatic rings. The van der Waals surface area contributed by atoms with Gasteiger partial charge in [0.15, 0.2) is 0 Å². The zero-order valence-corrected chi connectivity index (χ0v) is 10.4. The van der Waals surface area contributed by atoms with Gasteiger partial charge in [0.05, 0.1) is 10.6 Å². The molecule has 0 unspecified atom stereocenters. The van der Waals surface area contributed by atoms with Crippen LogP contribution in [0.15, 0.2) is 24.3 Å². The van der Waals surface area contributed by atoms with Crippen LogP contribution in [0.5, 0.6) is 0 Å². The molecule has 1 heterocycles. The molecule has 0 bridgehead atoms. The zero-order valence-electron chi connectivity index (χ0n) is 9.60. The molecular weight excluding hydrogens is 238 g/mol. The molecule has 0 aromatic heterocycles. The van der Waals surface area contributed by atoms with Gasteiger partial charge in [-0.05, 0) is 30.9 Å². The summed E-state index contributed by atoms with van der Waals surface area (Å²) in [7, 11) is 0. The highest BCUT2D eigenvalue weighted by Crippen LogP contribution is 2.21. The van der Waals surface area contributed by atoms with Gasteiger partial charge in [-0.15, -0.1) is 0 Å². The van der Waals surface area contributed by atoms with Gasteiger partial charge >= 0.3 is 0 Å². The monoisotopic (exact) mass is 253 g/mol. The average molecular weight is 254 g/mol. The van der Waals surface area contributed by atoms with Crippen LogP contribution in [0.1, 0.15) is 23.2 Å². The molecule has 4 heteroatoms. The van der Waals surface area contributed by atoms with Crippen LogP contribution < -0.4 is 0 Å². The topological polar surface area (TPSA) is 40.5 Å². The Morgan fingerprint density at radius 2 is 2.24 bits per heavy atom. The lowest BCUT2D eigenvalue weighted by molar-refractivity contribution is 0.0621. The van der Waals surface area contributed by atoms with Gasteiger partial charge < -0.3 is 10.0 Å². The predicted molar refractivity (Wildman–Crippen MR) is 67.2 cm³/mol. The number of aliphatic hydroxyl groups is 1. The van der Waals surface area contributed by atoms with Gasteiger partial charge in [0.1, 0.15) is 0 Å². The van der Waals surface area contributed by atoms with E-state index < -0.39 is 0 Å². The maximum atomic E-state index is 12.2. The van der Waals surface area contributed by atoms with Gasteiger partial charge in [0, 0.05) is 19.7 Å². The van der Waals surface area contributed by atoms with Crippen molar-refractivity contribution in [3.63, 3.8) is 0 Å². The summed E-state index contributed by atoms with van der Waals surface area (Å²) in [6.07, 6.45) is 1.93. The molecule has 1 aromatic carbocycles. The van der Waals surface area contributed by atoms with Crippen molar-refractivity contribution in [3.05, 3.63) is 34.9 Å². The van der Waals surface area contributed by atoms with Crippen LogP contribution in [-0.4, -0.2) is 35.6 Å². The molecule has 92 valence electrons. The Hall–Kier alpha value is -1.06. The fourth-order valence-corrected chi connectivity index (χ4v) is 2.42. The van der Waals surface area contributed by atoms with Crippen molar-refractivity contribution in [3.8, 4) is 0 Å². The lowest BCUT2D eigenvalue weighted by atomic mass is 9.98. The first-order chi connectivity index (χ1) is 8.22. The molecule has 3 nitrogen and oxygen atoms in total. The van der Waals surface area contributed by atoms with Crippen molar-refractivity contribution in [2.75, 3.05) is 19.7 Å². The third kappa shape index (κ3) is 2.79. The summed E-state index contributed by atoms with van der Waals surface area (Å²) in [5.41, 5.74) is 0.549. The fraction of sp³-hybridized carbons (Fsp3) is 0.462. The summed E-state index contributed by atoms with van der Waals surface area (Å²) in [4.78, 5) is 14.0. The first kappa shape index (κ1) is 12.4. The first-order valence-electron chi connectivity index (χ1n) is 5.87. The number of benzene rings is 1. The van der Waals surface area contributed by atoms with Crippen LogP contribution >= 0.6 is 11.6 Å². The van der Waals surface area contributed by atoms with E-state index in [9.17, 15) is 4.79 Å². The number of rotatable bonds is 2. The lowest BCUT2D eigenvalue weighted by Crippen LogP contribution is -2.41. The van der Waals surface area contributed by atoms with E-state index in [0.717, 1.165) is 19.4 Å². The third-order valence-electron chi connectivity index (χ3n) is 3.17. The molecule has 1 fully saturated rings. The summed E-state index contributed by atoms with van der Waals surface area (Å²) < 4.78 is 0. The summed E-state index contributed by atoms with van der Waals surface area (Å²) in [6, 6.07) is 7.09. The molecular formula is C13H16ClNO2. The minimum atomic E-state index is -0.0336. The minimum absolute atomic E-state index is 0.0336. The number of nitrogens with zero attached hydrogens (tertiary/aromatic N) is 1. The molecule has 1 amide bonds. The standard InChI is InChI=1S/C13H16ClNO2/c14-12-6-2-1-5-11(12)13(17)15-7-3-4-10(8-15)9-16/h1-2,5-6,10,16H,3-4,7-9H2/t10-/m1/s1. The molecule has 1 aliphatic heterocycles. The maximum absolute atomic E-state index is 12.2. The SMILES string of the molecule is O=C(c1ccccc1Cl)N1CCC[C@@H](CO)C1. The van der Waals surface area contributed by atoms with Crippen molar-refractivity contribution >= 4 is 17.5 Å². The molecule has 0 spiro atoms. The third-order valence-corrected chi connectivity index (χ3v) is 3.50. The highest BCUT2D eigenvalue weighted by atomic mass is 35.5. The second-order valence-corrected chi connectivity index (χ2v) is 4.83. The van der Waals surface area contributed by atoms with Gasteiger partial charge in [0.25, 0.3) is 5.91 Å². The number of carbonyl (C=O) groups is 1. The summed E-state index contributed by atoms with van der Waals surface area (Å²) >= 11 is 6.01. The number of amides is 1. The first-order valence-corrected chi connectivity index (χ1v) is 6.25. The quantitative estimate of drug-likeness (QED) is 0.878. The molecule has 0 aliphatic carbocycles. The summed E-state index contributed by atoms with van der Waals surface area (Å²) in [5, 5.41) is 9.64. The van der Waals surface area contributed by atoms with Crippen LogP contribution in [0.4, 0.5) is 0 Å². The van der Waals surface area contributed by atoms with Crippen molar-refractivity contribution in [1.29, 1.82) is 0 Å². The predicted octanol–water partition coefficient (Wildman–Crippen LogP) is 2.18. The Morgan fingerprint density at radius 3 is 2.94 bits per heavy atom. The van der Waals surface area contributed by atoms with Gasteiger partial charge in [-0.2, -0.15) is 0 Å². The molecule has 0 radical (unpaired) electrons. The van der Waals surface area contributed by atoms with Crippen molar-refractivity contribution in [1.82, 2.24) is 4.90 Å². The Balaban J connectivity index is 2.12. The highest BCUT2D eigenvalue weighted by Gasteiger charge is 2.24. The smallest absolute Gasteiger partial charge is 0.255 e. The van der Waals surface area contributed by atoms with Gasteiger partial charge in [-0.1, -0.05) is 23.7 Å². The van der Waals surface area contributed by atoms with E-state index in [1.54, 1.807) is 17.0 Å². The number of hydrogen-bond acceptors (Lipinski definition) is 2. The van der Waals surface area contributed by atoms with Crippen LogP contribution in [0.25, 0.3) is 0 Å². The normalized spacial score (nSPS) is 20.4. The van der Waals surface area contributed by atoms with Gasteiger partial charge in [-0.3, -0.25) is 4.79 Å². The van der Waals surface area contributed by atoms with Crippen molar-refractivity contribution in [2.45, 2.75) is 12.8 Å². The number of aliphatic hydroxyl groups excluding tert-OH is 1. The minimum Gasteiger partial charge on any atom is -0.396 e.